The van der Waals surface area contributed by atoms with Gasteiger partial charge in [0.2, 0.25) is 0 Å². The minimum atomic E-state index is 0.496. The summed E-state index contributed by atoms with van der Waals surface area (Å²) in [4.78, 5) is 6.77. The second kappa shape index (κ2) is 8.63. The number of piperidine rings is 1. The van der Waals surface area contributed by atoms with Gasteiger partial charge in [0, 0.05) is 45.7 Å². The van der Waals surface area contributed by atoms with Crippen molar-refractivity contribution in [2.75, 3.05) is 33.2 Å². The van der Waals surface area contributed by atoms with Crippen LogP contribution in [0.15, 0.2) is 40.0 Å². The van der Waals surface area contributed by atoms with Crippen LogP contribution >= 0.6 is 0 Å². The Kier molecular flexibility index (Phi) is 6.52. The molecule has 1 aromatic rings. The highest BCUT2D eigenvalue weighted by molar-refractivity contribution is 5.79. The molecule has 0 bridgehead atoms. The maximum absolute atomic E-state index is 5.33. The lowest BCUT2D eigenvalue weighted by molar-refractivity contribution is 0.221. The van der Waals surface area contributed by atoms with E-state index in [-0.39, 0.29) is 0 Å². The van der Waals surface area contributed by atoms with Gasteiger partial charge in [0.25, 0.3) is 0 Å². The Labute approximate surface area is 133 Å². The summed E-state index contributed by atoms with van der Waals surface area (Å²) in [5, 5.41) is 6.87. The lowest BCUT2D eigenvalue weighted by atomic mass is 10.0. The molecule has 0 atom stereocenters. The Morgan fingerprint density at radius 1 is 1.45 bits per heavy atom. The number of aliphatic imine (C=N–C) groups is 1. The summed E-state index contributed by atoms with van der Waals surface area (Å²) in [6.07, 6.45) is 4.87. The first-order chi connectivity index (χ1) is 10.7. The molecule has 0 aromatic carbocycles. The van der Waals surface area contributed by atoms with Crippen molar-refractivity contribution in [3.63, 3.8) is 0 Å². The van der Waals surface area contributed by atoms with Gasteiger partial charge in [-0.2, -0.15) is 0 Å². The number of furan rings is 1. The molecule has 2 N–H and O–H groups in total. The Hall–Kier alpha value is -1.75. The van der Waals surface area contributed by atoms with E-state index in [4.69, 9.17) is 4.42 Å². The summed E-state index contributed by atoms with van der Waals surface area (Å²) in [6.45, 7) is 10.2. The van der Waals surface area contributed by atoms with Crippen LogP contribution in [0.1, 0.15) is 25.5 Å². The Morgan fingerprint density at radius 3 is 2.82 bits per heavy atom. The molecular weight excluding hydrogens is 276 g/mol. The molecule has 22 heavy (non-hydrogen) atoms. The molecule has 1 aromatic heterocycles. The van der Waals surface area contributed by atoms with Crippen LogP contribution in [0.4, 0.5) is 0 Å². The summed E-state index contributed by atoms with van der Waals surface area (Å²) < 4.78 is 5.33. The zero-order valence-electron chi connectivity index (χ0n) is 13.8. The van der Waals surface area contributed by atoms with E-state index in [0.29, 0.717) is 6.04 Å². The minimum absolute atomic E-state index is 0.496. The molecule has 0 radical (unpaired) electrons. The molecule has 5 heteroatoms. The maximum Gasteiger partial charge on any atom is 0.191 e. The van der Waals surface area contributed by atoms with Crippen molar-refractivity contribution in [1.29, 1.82) is 0 Å². The number of nitrogens with one attached hydrogen (secondary N) is 2. The second-order valence-electron chi connectivity index (χ2n) is 5.98. The molecule has 0 unspecified atom stereocenters. The van der Waals surface area contributed by atoms with Crippen LogP contribution < -0.4 is 10.6 Å². The predicted octanol–water partition coefficient (Wildman–Crippen LogP) is 2.03. The van der Waals surface area contributed by atoms with E-state index in [1.54, 1.807) is 6.26 Å². The molecule has 2 heterocycles. The van der Waals surface area contributed by atoms with Gasteiger partial charge in [-0.15, -0.1) is 0 Å². The van der Waals surface area contributed by atoms with Crippen molar-refractivity contribution >= 4 is 5.96 Å². The standard InChI is InChI=1S/C17H28N4O/c1-14(2)13-21-10-7-15(8-11-21)20-17(18-3)19-9-6-16-5-4-12-22-16/h4-5,12,15H,1,6-11,13H2,2-3H3,(H2,18,19,20). The van der Waals surface area contributed by atoms with Gasteiger partial charge in [0.15, 0.2) is 5.96 Å². The van der Waals surface area contributed by atoms with Crippen molar-refractivity contribution in [3.05, 3.63) is 36.3 Å². The Bertz CT molecular complexity index is 473. The van der Waals surface area contributed by atoms with Crippen LogP contribution in [0, 0.1) is 0 Å². The smallest absolute Gasteiger partial charge is 0.191 e. The Morgan fingerprint density at radius 2 is 2.23 bits per heavy atom. The van der Waals surface area contributed by atoms with Crippen LogP contribution in [-0.2, 0) is 6.42 Å². The lowest BCUT2D eigenvalue weighted by Crippen LogP contribution is -2.49. The van der Waals surface area contributed by atoms with E-state index in [9.17, 15) is 0 Å². The van der Waals surface area contributed by atoms with Crippen molar-refractivity contribution in [3.8, 4) is 0 Å². The summed E-state index contributed by atoms with van der Waals surface area (Å²) in [5.41, 5.74) is 1.24. The van der Waals surface area contributed by atoms with E-state index in [1.165, 1.54) is 5.57 Å². The molecule has 1 aliphatic heterocycles. The number of guanidine groups is 1. The van der Waals surface area contributed by atoms with Crippen molar-refractivity contribution in [2.24, 2.45) is 4.99 Å². The molecule has 1 aliphatic rings. The third-order valence-corrected chi connectivity index (χ3v) is 3.89. The zero-order valence-corrected chi connectivity index (χ0v) is 13.8. The zero-order chi connectivity index (χ0) is 15.8. The summed E-state index contributed by atoms with van der Waals surface area (Å²) in [7, 11) is 1.82. The van der Waals surface area contributed by atoms with E-state index < -0.39 is 0 Å². The monoisotopic (exact) mass is 304 g/mol. The van der Waals surface area contributed by atoms with Crippen molar-refractivity contribution in [1.82, 2.24) is 15.5 Å². The third kappa shape index (κ3) is 5.56. The van der Waals surface area contributed by atoms with E-state index in [1.807, 2.05) is 19.2 Å². The molecule has 1 fully saturated rings. The largest absolute Gasteiger partial charge is 0.469 e. The first kappa shape index (κ1) is 16.6. The molecule has 0 amide bonds. The van der Waals surface area contributed by atoms with Gasteiger partial charge in [-0.1, -0.05) is 12.2 Å². The molecule has 122 valence electrons. The summed E-state index contributed by atoms with van der Waals surface area (Å²) >= 11 is 0. The number of rotatable bonds is 6. The van der Waals surface area contributed by atoms with Gasteiger partial charge in [0.1, 0.15) is 5.76 Å². The fourth-order valence-electron chi connectivity index (χ4n) is 2.76. The summed E-state index contributed by atoms with van der Waals surface area (Å²) in [5.74, 6) is 1.88. The van der Waals surface area contributed by atoms with Gasteiger partial charge >= 0.3 is 0 Å². The topological polar surface area (TPSA) is 52.8 Å². The van der Waals surface area contributed by atoms with Crippen LogP contribution in [0.3, 0.4) is 0 Å². The highest BCUT2D eigenvalue weighted by Gasteiger charge is 2.19. The van der Waals surface area contributed by atoms with Gasteiger partial charge in [0.05, 0.1) is 6.26 Å². The quantitative estimate of drug-likeness (QED) is 0.480. The third-order valence-electron chi connectivity index (χ3n) is 3.89. The maximum atomic E-state index is 5.33. The van der Waals surface area contributed by atoms with Crippen LogP contribution in [0.25, 0.3) is 0 Å². The van der Waals surface area contributed by atoms with E-state index in [0.717, 1.165) is 57.2 Å². The molecule has 0 spiro atoms. The number of hydrogen-bond donors (Lipinski definition) is 2. The highest BCUT2D eigenvalue weighted by atomic mass is 16.3. The average molecular weight is 304 g/mol. The predicted molar refractivity (Wildman–Crippen MR) is 91.2 cm³/mol. The first-order valence-corrected chi connectivity index (χ1v) is 8.03. The summed E-state index contributed by atoms with van der Waals surface area (Å²) in [6, 6.07) is 4.41. The molecule has 5 nitrogen and oxygen atoms in total. The van der Waals surface area contributed by atoms with Crippen LogP contribution in [0.5, 0.6) is 0 Å². The lowest BCUT2D eigenvalue weighted by Gasteiger charge is -2.33. The minimum Gasteiger partial charge on any atom is -0.469 e. The number of nitrogens with zero attached hydrogens (tertiary/aromatic N) is 2. The fraction of sp³-hybridized carbons (Fsp3) is 0.588. The average Bonchev–Trinajstić information content (AvgIpc) is 3.01. The molecule has 0 aliphatic carbocycles. The fourth-order valence-corrected chi connectivity index (χ4v) is 2.76. The molecular formula is C17H28N4O. The Balaban J connectivity index is 1.67. The normalized spacial score (nSPS) is 17.5. The van der Waals surface area contributed by atoms with Gasteiger partial charge < -0.3 is 15.1 Å². The number of likely N-dealkylation sites (tertiary alicyclic amines) is 1. The van der Waals surface area contributed by atoms with Gasteiger partial charge in [-0.25, -0.2) is 0 Å². The van der Waals surface area contributed by atoms with Crippen LogP contribution in [0.2, 0.25) is 0 Å². The van der Waals surface area contributed by atoms with E-state index >= 15 is 0 Å². The SMILES string of the molecule is C=C(C)CN1CCC(NC(=NC)NCCc2ccco2)CC1. The van der Waals surface area contributed by atoms with E-state index in [2.05, 4.69) is 34.0 Å². The second-order valence-corrected chi connectivity index (χ2v) is 5.98. The van der Waals surface area contributed by atoms with Crippen molar-refractivity contribution < 1.29 is 4.42 Å². The molecule has 0 saturated carbocycles. The van der Waals surface area contributed by atoms with Gasteiger partial charge in [-0.05, 0) is 31.9 Å². The highest BCUT2D eigenvalue weighted by Crippen LogP contribution is 2.11. The van der Waals surface area contributed by atoms with Gasteiger partial charge in [-0.3, -0.25) is 9.89 Å². The molecule has 1 saturated heterocycles. The number of hydrogen-bond acceptors (Lipinski definition) is 3. The van der Waals surface area contributed by atoms with Crippen LogP contribution in [-0.4, -0.2) is 50.1 Å². The molecule has 2 rings (SSSR count). The van der Waals surface area contributed by atoms with Crippen molar-refractivity contribution in [2.45, 2.75) is 32.2 Å². The first-order valence-electron chi connectivity index (χ1n) is 8.03.